The number of imide groups is 2. The molecule has 4 rings (SSSR count). The van der Waals surface area contributed by atoms with Crippen molar-refractivity contribution in [3.8, 4) is 11.4 Å². The van der Waals surface area contributed by atoms with Crippen LogP contribution in [0.25, 0.3) is 11.8 Å². The van der Waals surface area contributed by atoms with Crippen molar-refractivity contribution in [2.45, 2.75) is 6.92 Å². The summed E-state index contributed by atoms with van der Waals surface area (Å²) in [4.78, 5) is 38.7. The van der Waals surface area contributed by atoms with Crippen LogP contribution >= 0.6 is 23.2 Å². The molecule has 0 aliphatic carbocycles. The van der Waals surface area contributed by atoms with Crippen molar-refractivity contribution in [1.82, 2.24) is 9.88 Å². The number of benzene rings is 2. The number of halogens is 2. The van der Waals surface area contributed by atoms with Gasteiger partial charge in [0.05, 0.1) is 17.8 Å². The Bertz CT molecular complexity index is 1280. The zero-order valence-electron chi connectivity index (χ0n) is 17.1. The fourth-order valence-corrected chi connectivity index (χ4v) is 3.90. The smallest absolute Gasteiger partial charge is 0.335 e. The van der Waals surface area contributed by atoms with Crippen LogP contribution in [0.1, 0.15) is 11.3 Å². The third kappa shape index (κ3) is 4.00. The zero-order chi connectivity index (χ0) is 23.0. The summed E-state index contributed by atoms with van der Waals surface area (Å²) < 4.78 is 7.10. The van der Waals surface area contributed by atoms with E-state index in [-0.39, 0.29) is 16.3 Å². The fraction of sp³-hybridized carbons (Fsp3) is 0.0870. The number of methoxy groups -OCH3 is 1. The summed E-state index contributed by atoms with van der Waals surface area (Å²) >= 11 is 12.1. The number of carbonyl (C=O) groups excluding carboxylic acids is 3. The zero-order valence-corrected chi connectivity index (χ0v) is 18.6. The summed E-state index contributed by atoms with van der Waals surface area (Å²) in [6.45, 7) is 1.90. The Morgan fingerprint density at radius 2 is 1.72 bits per heavy atom. The van der Waals surface area contributed by atoms with E-state index < -0.39 is 17.8 Å². The molecule has 3 aromatic rings. The summed E-state index contributed by atoms with van der Waals surface area (Å²) in [5, 5.41) is 2.64. The number of amides is 4. The van der Waals surface area contributed by atoms with Gasteiger partial charge in [-0.2, -0.15) is 0 Å². The minimum Gasteiger partial charge on any atom is -0.497 e. The molecule has 1 fully saturated rings. The minimum absolute atomic E-state index is 0.108. The predicted molar refractivity (Wildman–Crippen MR) is 123 cm³/mol. The van der Waals surface area contributed by atoms with Gasteiger partial charge in [0.2, 0.25) is 0 Å². The molecule has 1 aliphatic heterocycles. The highest BCUT2D eigenvalue weighted by Crippen LogP contribution is 2.31. The van der Waals surface area contributed by atoms with E-state index >= 15 is 0 Å². The van der Waals surface area contributed by atoms with Gasteiger partial charge >= 0.3 is 6.03 Å². The highest BCUT2D eigenvalue weighted by molar-refractivity contribution is 6.42. The summed E-state index contributed by atoms with van der Waals surface area (Å²) in [6, 6.07) is 12.8. The van der Waals surface area contributed by atoms with Crippen LogP contribution in [-0.4, -0.2) is 29.5 Å². The molecule has 1 saturated heterocycles. The second kappa shape index (κ2) is 8.53. The lowest BCUT2D eigenvalue weighted by Crippen LogP contribution is -2.54. The topological polar surface area (TPSA) is 80.6 Å². The number of hydrogen-bond donors (Lipinski definition) is 1. The van der Waals surface area contributed by atoms with Gasteiger partial charge in [-0.15, -0.1) is 0 Å². The lowest BCUT2D eigenvalue weighted by atomic mass is 10.1. The molecule has 0 bridgehead atoms. The van der Waals surface area contributed by atoms with Crippen molar-refractivity contribution in [3.05, 3.63) is 81.6 Å². The van der Waals surface area contributed by atoms with Gasteiger partial charge in [0.1, 0.15) is 11.3 Å². The Morgan fingerprint density at radius 3 is 2.38 bits per heavy atom. The average Bonchev–Trinajstić information content (AvgIpc) is 3.12. The number of urea groups is 1. The molecule has 2 aromatic carbocycles. The molecule has 162 valence electrons. The van der Waals surface area contributed by atoms with Gasteiger partial charge in [-0.3, -0.25) is 14.9 Å². The van der Waals surface area contributed by atoms with Gasteiger partial charge in [-0.1, -0.05) is 23.2 Å². The second-order valence-corrected chi connectivity index (χ2v) is 7.88. The lowest BCUT2D eigenvalue weighted by Gasteiger charge is -2.27. The Hall–Kier alpha value is -3.55. The van der Waals surface area contributed by atoms with Crippen molar-refractivity contribution in [1.29, 1.82) is 0 Å². The number of ether oxygens (including phenoxy) is 1. The molecule has 7 nitrogen and oxygen atoms in total. The Kier molecular flexibility index (Phi) is 5.78. The molecule has 4 amide bonds. The summed E-state index contributed by atoms with van der Waals surface area (Å²) in [7, 11) is 1.59. The molecule has 0 unspecified atom stereocenters. The van der Waals surface area contributed by atoms with E-state index in [2.05, 4.69) is 5.32 Å². The first kappa shape index (κ1) is 21.7. The Morgan fingerprint density at radius 1 is 1.00 bits per heavy atom. The maximum Gasteiger partial charge on any atom is 0.335 e. The number of barbiturate groups is 1. The number of aryl methyl sites for hydroxylation is 1. The molecule has 1 N–H and O–H groups in total. The van der Waals surface area contributed by atoms with Crippen molar-refractivity contribution in [3.63, 3.8) is 0 Å². The fourth-order valence-electron chi connectivity index (χ4n) is 3.40. The van der Waals surface area contributed by atoms with Crippen LogP contribution in [0, 0.1) is 6.92 Å². The maximum absolute atomic E-state index is 13.1. The largest absolute Gasteiger partial charge is 0.497 e. The molecule has 1 aromatic heterocycles. The van der Waals surface area contributed by atoms with Crippen LogP contribution in [0.15, 0.2) is 60.3 Å². The first-order valence-electron chi connectivity index (χ1n) is 9.48. The Balaban J connectivity index is 1.70. The second-order valence-electron chi connectivity index (χ2n) is 7.04. The van der Waals surface area contributed by atoms with Crippen molar-refractivity contribution < 1.29 is 19.1 Å². The number of nitrogens with zero attached hydrogens (tertiary/aromatic N) is 2. The molecule has 1 aliphatic rings. The van der Waals surface area contributed by atoms with Gasteiger partial charge in [-0.05, 0) is 67.1 Å². The van der Waals surface area contributed by atoms with Gasteiger partial charge in [0.15, 0.2) is 0 Å². The maximum atomic E-state index is 13.1. The third-order valence-electron chi connectivity index (χ3n) is 4.95. The minimum atomic E-state index is -0.881. The van der Waals surface area contributed by atoms with E-state index in [0.29, 0.717) is 10.6 Å². The molecule has 9 heteroatoms. The predicted octanol–water partition coefficient (Wildman–Crippen LogP) is 4.77. The standard InChI is InChI=1S/C23H17Cl2N3O4/c1-13-9-14(12-27(13)16-4-6-17(32-2)7-5-16)10-18-21(29)26-23(31)28(22(18)30)20-8-3-15(24)11-19(20)25/h3-12H,1-2H3,(H,26,29,31)/b18-10-. The van der Waals surface area contributed by atoms with E-state index in [1.54, 1.807) is 13.3 Å². The van der Waals surface area contributed by atoms with Crippen LogP contribution in [0.3, 0.4) is 0 Å². The SMILES string of the molecule is COc1ccc(-n2cc(/C=C3/C(=O)NC(=O)N(c4ccc(Cl)cc4Cl)C3=O)cc2C)cc1. The number of nitrogens with one attached hydrogen (secondary N) is 1. The van der Waals surface area contributed by atoms with Crippen LogP contribution < -0.4 is 15.0 Å². The van der Waals surface area contributed by atoms with Crippen LogP contribution in [0.4, 0.5) is 10.5 Å². The number of anilines is 1. The summed E-state index contributed by atoms with van der Waals surface area (Å²) in [5.74, 6) is -0.829. The van der Waals surface area contributed by atoms with Crippen LogP contribution in [0.2, 0.25) is 10.0 Å². The molecule has 32 heavy (non-hydrogen) atoms. The van der Waals surface area contributed by atoms with Crippen molar-refractivity contribution in [2.24, 2.45) is 0 Å². The molecule has 0 radical (unpaired) electrons. The average molecular weight is 470 g/mol. The highest BCUT2D eigenvalue weighted by atomic mass is 35.5. The van der Waals surface area contributed by atoms with E-state index in [1.807, 2.05) is 41.8 Å². The highest BCUT2D eigenvalue weighted by Gasteiger charge is 2.37. The molecule has 0 spiro atoms. The third-order valence-corrected chi connectivity index (χ3v) is 5.49. The molecular formula is C23H17Cl2N3O4. The van der Waals surface area contributed by atoms with Crippen LogP contribution in [0.5, 0.6) is 5.75 Å². The number of aromatic nitrogens is 1. The van der Waals surface area contributed by atoms with Crippen molar-refractivity contribution >= 4 is 52.8 Å². The van der Waals surface area contributed by atoms with E-state index in [4.69, 9.17) is 27.9 Å². The van der Waals surface area contributed by atoms with E-state index in [9.17, 15) is 14.4 Å². The molecule has 2 heterocycles. The van der Waals surface area contributed by atoms with Crippen molar-refractivity contribution in [2.75, 3.05) is 12.0 Å². The molecule has 0 saturated carbocycles. The number of rotatable bonds is 4. The first-order valence-corrected chi connectivity index (χ1v) is 10.2. The molecule has 0 atom stereocenters. The van der Waals surface area contributed by atoms with Gasteiger partial charge < -0.3 is 9.30 Å². The first-order chi connectivity index (χ1) is 15.3. The van der Waals surface area contributed by atoms with E-state index in [1.165, 1.54) is 24.3 Å². The van der Waals surface area contributed by atoms with Gasteiger partial charge in [0, 0.05) is 22.6 Å². The quantitative estimate of drug-likeness (QED) is 0.440. The van der Waals surface area contributed by atoms with Gasteiger partial charge in [0.25, 0.3) is 11.8 Å². The normalized spacial score (nSPS) is 15.3. The lowest BCUT2D eigenvalue weighted by molar-refractivity contribution is -0.122. The number of hydrogen-bond acceptors (Lipinski definition) is 4. The summed E-state index contributed by atoms with van der Waals surface area (Å²) in [5.41, 5.74) is 2.33. The summed E-state index contributed by atoms with van der Waals surface area (Å²) in [6.07, 6.45) is 3.23. The Labute approximate surface area is 193 Å². The van der Waals surface area contributed by atoms with Gasteiger partial charge in [-0.25, -0.2) is 9.69 Å². The molecular weight excluding hydrogens is 453 g/mol. The van der Waals surface area contributed by atoms with Crippen LogP contribution in [-0.2, 0) is 9.59 Å². The number of carbonyl (C=O) groups is 3. The monoisotopic (exact) mass is 469 g/mol. The van der Waals surface area contributed by atoms with E-state index in [0.717, 1.165) is 22.0 Å².